The number of hydrogen-bond donors (Lipinski definition) is 2. The van der Waals surface area contributed by atoms with Crippen molar-refractivity contribution < 1.29 is 19.1 Å². The van der Waals surface area contributed by atoms with Gasteiger partial charge in [-0.15, -0.1) is 0 Å². The van der Waals surface area contributed by atoms with Gasteiger partial charge >= 0.3 is 5.97 Å². The third-order valence-electron chi connectivity index (χ3n) is 4.11. The fourth-order valence-corrected chi connectivity index (χ4v) is 2.55. The number of hydrogen-bond acceptors (Lipinski definition) is 7. The predicted octanol–water partition coefficient (Wildman–Crippen LogP) is 1.22. The van der Waals surface area contributed by atoms with Crippen LogP contribution in [-0.2, 0) is 19.1 Å². The van der Waals surface area contributed by atoms with Gasteiger partial charge in [-0.1, -0.05) is 18.2 Å². The number of likely N-dealkylation sites (N-methyl/N-ethyl adjacent to an activating group) is 1. The van der Waals surface area contributed by atoms with Crippen LogP contribution in [0.15, 0.2) is 36.7 Å². The van der Waals surface area contributed by atoms with Crippen molar-refractivity contribution in [3.05, 3.63) is 47.8 Å². The SMILES string of the molecule is Cc1cccc(C)c1NC(=O)CNC(=O)C(C)OC(=O)CN(C)c1ncccn1. The molecule has 0 spiro atoms. The minimum atomic E-state index is -1.04. The highest BCUT2D eigenvalue weighted by molar-refractivity contribution is 5.96. The maximum absolute atomic E-state index is 12.1. The molecule has 29 heavy (non-hydrogen) atoms. The second-order valence-electron chi connectivity index (χ2n) is 6.57. The topological polar surface area (TPSA) is 114 Å². The number of aromatic nitrogens is 2. The summed E-state index contributed by atoms with van der Waals surface area (Å²) < 4.78 is 5.11. The number of nitrogens with one attached hydrogen (secondary N) is 2. The largest absolute Gasteiger partial charge is 0.451 e. The number of para-hydroxylation sites is 1. The van der Waals surface area contributed by atoms with Crippen LogP contribution in [0, 0.1) is 13.8 Å². The Labute approximate surface area is 169 Å². The zero-order valence-corrected chi connectivity index (χ0v) is 16.9. The van der Waals surface area contributed by atoms with Gasteiger partial charge in [-0.3, -0.25) is 14.4 Å². The Balaban J connectivity index is 1.78. The number of esters is 1. The molecule has 1 atom stereocenters. The molecule has 2 rings (SSSR count). The molecule has 0 aliphatic heterocycles. The van der Waals surface area contributed by atoms with Gasteiger partial charge in [0.05, 0.1) is 6.54 Å². The zero-order valence-electron chi connectivity index (χ0n) is 16.9. The Kier molecular flexibility index (Phi) is 7.64. The van der Waals surface area contributed by atoms with Crippen LogP contribution in [0.3, 0.4) is 0 Å². The monoisotopic (exact) mass is 399 g/mol. The van der Waals surface area contributed by atoms with E-state index in [0.717, 1.165) is 16.8 Å². The van der Waals surface area contributed by atoms with E-state index < -0.39 is 18.0 Å². The fourth-order valence-electron chi connectivity index (χ4n) is 2.55. The minimum absolute atomic E-state index is 0.116. The number of benzene rings is 1. The summed E-state index contributed by atoms with van der Waals surface area (Å²) in [5.41, 5.74) is 2.58. The molecule has 1 heterocycles. The van der Waals surface area contributed by atoms with Crippen LogP contribution in [0.2, 0.25) is 0 Å². The average Bonchev–Trinajstić information content (AvgIpc) is 2.69. The first-order valence-electron chi connectivity index (χ1n) is 9.09. The zero-order chi connectivity index (χ0) is 21.4. The molecule has 9 nitrogen and oxygen atoms in total. The molecule has 0 aliphatic carbocycles. The van der Waals surface area contributed by atoms with Crippen LogP contribution in [0.5, 0.6) is 0 Å². The van der Waals surface area contributed by atoms with E-state index in [1.54, 1.807) is 25.5 Å². The van der Waals surface area contributed by atoms with E-state index in [9.17, 15) is 14.4 Å². The first kappa shape index (κ1) is 21.8. The van der Waals surface area contributed by atoms with Gasteiger partial charge in [-0.05, 0) is 38.0 Å². The molecular formula is C20H25N5O4. The Morgan fingerprint density at radius 3 is 2.34 bits per heavy atom. The standard InChI is InChI=1S/C20H25N5O4/c1-13-7-5-8-14(2)18(13)24-16(26)11-23-19(28)15(3)29-17(27)12-25(4)20-21-9-6-10-22-20/h5-10,15H,11-12H2,1-4H3,(H,23,28)(H,24,26). The van der Waals surface area contributed by atoms with E-state index in [-0.39, 0.29) is 19.0 Å². The van der Waals surface area contributed by atoms with Crippen LogP contribution in [0.25, 0.3) is 0 Å². The van der Waals surface area contributed by atoms with Crippen LogP contribution in [-0.4, -0.2) is 54.0 Å². The van der Waals surface area contributed by atoms with E-state index in [2.05, 4.69) is 20.6 Å². The van der Waals surface area contributed by atoms with Crippen LogP contribution < -0.4 is 15.5 Å². The molecular weight excluding hydrogens is 374 g/mol. The number of carbonyl (C=O) groups excluding carboxylic acids is 3. The lowest BCUT2D eigenvalue weighted by molar-refractivity contribution is -0.153. The molecule has 154 valence electrons. The summed E-state index contributed by atoms with van der Waals surface area (Å²) in [7, 11) is 1.64. The summed E-state index contributed by atoms with van der Waals surface area (Å²) in [6.45, 7) is 4.87. The van der Waals surface area contributed by atoms with Gasteiger partial charge < -0.3 is 20.3 Å². The van der Waals surface area contributed by atoms with Crippen LogP contribution >= 0.6 is 0 Å². The molecule has 9 heteroatoms. The van der Waals surface area contributed by atoms with Crippen LogP contribution in [0.4, 0.5) is 11.6 Å². The van der Waals surface area contributed by atoms with E-state index >= 15 is 0 Å². The van der Waals surface area contributed by atoms with Gasteiger partial charge in [-0.2, -0.15) is 0 Å². The van der Waals surface area contributed by atoms with Crippen LogP contribution in [0.1, 0.15) is 18.1 Å². The van der Waals surface area contributed by atoms with Crippen molar-refractivity contribution in [3.63, 3.8) is 0 Å². The third-order valence-corrected chi connectivity index (χ3v) is 4.11. The van der Waals surface area contributed by atoms with Gasteiger partial charge in [0.1, 0.15) is 6.54 Å². The maximum atomic E-state index is 12.1. The van der Waals surface area contributed by atoms with Gasteiger partial charge in [-0.25, -0.2) is 9.97 Å². The lowest BCUT2D eigenvalue weighted by Crippen LogP contribution is -2.41. The average molecular weight is 399 g/mol. The summed E-state index contributed by atoms with van der Waals surface area (Å²) in [6, 6.07) is 7.35. The Morgan fingerprint density at radius 2 is 1.72 bits per heavy atom. The molecule has 0 radical (unpaired) electrons. The molecule has 2 aromatic rings. The first-order chi connectivity index (χ1) is 13.8. The smallest absolute Gasteiger partial charge is 0.326 e. The van der Waals surface area contributed by atoms with Gasteiger partial charge in [0.2, 0.25) is 11.9 Å². The number of amides is 2. The Morgan fingerprint density at radius 1 is 1.10 bits per heavy atom. The fraction of sp³-hybridized carbons (Fsp3) is 0.350. The number of anilines is 2. The normalized spacial score (nSPS) is 11.3. The number of rotatable bonds is 8. The third kappa shape index (κ3) is 6.56. The van der Waals surface area contributed by atoms with E-state index in [0.29, 0.717) is 5.95 Å². The van der Waals surface area contributed by atoms with Gasteiger partial charge in [0.25, 0.3) is 5.91 Å². The molecule has 0 bridgehead atoms. The quantitative estimate of drug-likeness (QED) is 0.642. The van der Waals surface area contributed by atoms with Crippen molar-refractivity contribution in [1.29, 1.82) is 0 Å². The van der Waals surface area contributed by atoms with Crippen molar-refractivity contribution >= 4 is 29.4 Å². The highest BCUT2D eigenvalue weighted by Gasteiger charge is 2.20. The molecule has 0 aliphatic rings. The second kappa shape index (κ2) is 10.2. The van der Waals surface area contributed by atoms with Crippen molar-refractivity contribution in [3.8, 4) is 0 Å². The lowest BCUT2D eigenvalue weighted by atomic mass is 10.1. The molecule has 1 unspecified atom stereocenters. The highest BCUT2D eigenvalue weighted by Crippen LogP contribution is 2.18. The number of ether oxygens (including phenoxy) is 1. The van der Waals surface area contributed by atoms with Crippen molar-refractivity contribution in [2.75, 3.05) is 30.4 Å². The molecule has 0 fully saturated rings. The van der Waals surface area contributed by atoms with Crippen molar-refractivity contribution in [2.45, 2.75) is 26.9 Å². The summed E-state index contributed by atoms with van der Waals surface area (Å²) >= 11 is 0. The molecule has 0 saturated carbocycles. The van der Waals surface area contributed by atoms with Crippen molar-refractivity contribution in [2.24, 2.45) is 0 Å². The molecule has 2 amide bonds. The first-order valence-corrected chi connectivity index (χ1v) is 9.09. The predicted molar refractivity (Wildman–Crippen MR) is 108 cm³/mol. The second-order valence-corrected chi connectivity index (χ2v) is 6.57. The number of aryl methyl sites for hydroxylation is 2. The number of carbonyl (C=O) groups is 3. The molecule has 2 N–H and O–H groups in total. The van der Waals surface area contributed by atoms with Gasteiger partial charge in [0, 0.05) is 25.1 Å². The Hall–Kier alpha value is -3.49. The van der Waals surface area contributed by atoms with E-state index in [1.807, 2.05) is 32.0 Å². The molecule has 0 saturated heterocycles. The molecule has 1 aromatic heterocycles. The summed E-state index contributed by atoms with van der Waals surface area (Å²) in [4.78, 5) is 45.8. The van der Waals surface area contributed by atoms with Crippen molar-refractivity contribution in [1.82, 2.24) is 15.3 Å². The maximum Gasteiger partial charge on any atom is 0.326 e. The lowest BCUT2D eigenvalue weighted by Gasteiger charge is -2.18. The summed E-state index contributed by atoms with van der Waals surface area (Å²) in [5, 5.41) is 5.24. The minimum Gasteiger partial charge on any atom is -0.451 e. The highest BCUT2D eigenvalue weighted by atomic mass is 16.5. The van der Waals surface area contributed by atoms with E-state index in [4.69, 9.17) is 4.74 Å². The summed E-state index contributed by atoms with van der Waals surface area (Å²) in [6.07, 6.45) is 2.08. The summed E-state index contributed by atoms with van der Waals surface area (Å²) in [5.74, 6) is -1.17. The molecule has 1 aromatic carbocycles. The van der Waals surface area contributed by atoms with E-state index in [1.165, 1.54) is 11.8 Å². The Bertz CT molecular complexity index is 852. The number of nitrogens with zero attached hydrogens (tertiary/aromatic N) is 3. The van der Waals surface area contributed by atoms with Gasteiger partial charge in [0.15, 0.2) is 6.10 Å².